The fourth-order valence-electron chi connectivity index (χ4n) is 1.65. The van der Waals surface area contributed by atoms with Crippen molar-refractivity contribution in [3.8, 4) is 5.75 Å². The minimum absolute atomic E-state index is 0.659. The zero-order valence-electron chi connectivity index (χ0n) is 9.43. The van der Waals surface area contributed by atoms with Crippen LogP contribution < -0.4 is 4.74 Å². The Bertz CT molecular complexity index is 494. The molecule has 0 bridgehead atoms. The summed E-state index contributed by atoms with van der Waals surface area (Å²) in [6.45, 7) is 0. The maximum atomic E-state index is 10.2. The van der Waals surface area contributed by atoms with Gasteiger partial charge in [0.2, 0.25) is 0 Å². The second-order valence-electron chi connectivity index (χ2n) is 3.73. The number of aliphatic hydroxyl groups excluding tert-OH is 1. The molecule has 3 heteroatoms. The fraction of sp³-hybridized carbons (Fsp3) is 0.143. The molecule has 1 N–H and O–H groups in total. The average Bonchev–Trinajstić information content (AvgIpc) is 2.39. The van der Waals surface area contributed by atoms with Crippen LogP contribution in [0.25, 0.3) is 0 Å². The normalized spacial score (nSPS) is 12.2. The van der Waals surface area contributed by atoms with E-state index in [0.29, 0.717) is 5.02 Å². The molecule has 0 saturated carbocycles. The summed E-state index contributed by atoms with van der Waals surface area (Å²) in [6.07, 6.45) is -0.664. The number of methoxy groups -OCH3 is 1. The van der Waals surface area contributed by atoms with Crippen LogP contribution in [0.15, 0.2) is 48.5 Å². The SMILES string of the molecule is COc1cccc(C(O)c2ccc(Cl)cc2)c1. The van der Waals surface area contributed by atoms with Crippen molar-refractivity contribution in [1.29, 1.82) is 0 Å². The third kappa shape index (κ3) is 2.78. The lowest BCUT2D eigenvalue weighted by Gasteiger charge is -2.12. The van der Waals surface area contributed by atoms with E-state index >= 15 is 0 Å². The lowest BCUT2D eigenvalue weighted by molar-refractivity contribution is 0.220. The number of aliphatic hydroxyl groups is 1. The highest BCUT2D eigenvalue weighted by atomic mass is 35.5. The molecule has 0 heterocycles. The largest absolute Gasteiger partial charge is 0.497 e. The van der Waals surface area contributed by atoms with Crippen LogP contribution in [0, 0.1) is 0 Å². The molecule has 0 aliphatic heterocycles. The molecule has 2 rings (SSSR count). The molecule has 0 saturated heterocycles. The van der Waals surface area contributed by atoms with E-state index in [4.69, 9.17) is 16.3 Å². The third-order valence-corrected chi connectivity index (χ3v) is 2.85. The predicted octanol–water partition coefficient (Wildman–Crippen LogP) is 3.43. The lowest BCUT2D eigenvalue weighted by atomic mass is 10.0. The maximum Gasteiger partial charge on any atom is 0.119 e. The zero-order valence-corrected chi connectivity index (χ0v) is 10.2. The van der Waals surface area contributed by atoms with Gasteiger partial charge in [0.05, 0.1) is 7.11 Å². The molecule has 0 aliphatic rings. The van der Waals surface area contributed by atoms with Crippen molar-refractivity contribution in [3.05, 3.63) is 64.7 Å². The lowest BCUT2D eigenvalue weighted by Crippen LogP contribution is -1.99. The van der Waals surface area contributed by atoms with Crippen LogP contribution in [0.4, 0.5) is 0 Å². The van der Waals surface area contributed by atoms with Gasteiger partial charge in [-0.15, -0.1) is 0 Å². The minimum Gasteiger partial charge on any atom is -0.497 e. The van der Waals surface area contributed by atoms with Gasteiger partial charge in [0.15, 0.2) is 0 Å². The van der Waals surface area contributed by atoms with Crippen molar-refractivity contribution in [2.45, 2.75) is 6.10 Å². The first kappa shape index (κ1) is 12.0. The Morgan fingerprint density at radius 1 is 1.06 bits per heavy atom. The van der Waals surface area contributed by atoms with Crippen LogP contribution in [0.3, 0.4) is 0 Å². The zero-order chi connectivity index (χ0) is 12.3. The summed E-state index contributed by atoms with van der Waals surface area (Å²) >= 11 is 5.81. The number of hydrogen-bond acceptors (Lipinski definition) is 2. The Hall–Kier alpha value is -1.51. The van der Waals surface area contributed by atoms with E-state index in [1.54, 1.807) is 19.2 Å². The quantitative estimate of drug-likeness (QED) is 0.902. The van der Waals surface area contributed by atoms with Crippen LogP contribution in [-0.2, 0) is 0 Å². The van der Waals surface area contributed by atoms with E-state index in [0.717, 1.165) is 16.9 Å². The van der Waals surface area contributed by atoms with Crippen LogP contribution in [0.2, 0.25) is 5.02 Å². The predicted molar refractivity (Wildman–Crippen MR) is 68.5 cm³/mol. The molecule has 1 unspecified atom stereocenters. The number of rotatable bonds is 3. The van der Waals surface area contributed by atoms with Crippen LogP contribution >= 0.6 is 11.6 Å². The number of benzene rings is 2. The fourth-order valence-corrected chi connectivity index (χ4v) is 1.78. The summed E-state index contributed by atoms with van der Waals surface area (Å²) in [6, 6.07) is 14.5. The highest BCUT2D eigenvalue weighted by Crippen LogP contribution is 2.25. The standard InChI is InChI=1S/C14H13ClO2/c1-17-13-4-2-3-11(9-13)14(16)10-5-7-12(15)8-6-10/h2-9,14,16H,1H3. The summed E-state index contributed by atoms with van der Waals surface area (Å²) in [5, 5.41) is 10.9. The molecular weight excluding hydrogens is 236 g/mol. The molecule has 2 aromatic rings. The summed E-state index contributed by atoms with van der Waals surface area (Å²) in [5.41, 5.74) is 1.61. The maximum absolute atomic E-state index is 10.2. The van der Waals surface area contributed by atoms with Gasteiger partial charge in [0.25, 0.3) is 0 Å². The number of hydrogen-bond donors (Lipinski definition) is 1. The van der Waals surface area contributed by atoms with Crippen LogP contribution in [0.1, 0.15) is 17.2 Å². The van der Waals surface area contributed by atoms with Crippen LogP contribution in [-0.4, -0.2) is 12.2 Å². The van der Waals surface area contributed by atoms with E-state index in [9.17, 15) is 5.11 Å². The van der Waals surface area contributed by atoms with Gasteiger partial charge in [-0.1, -0.05) is 35.9 Å². The molecule has 88 valence electrons. The Morgan fingerprint density at radius 2 is 1.76 bits per heavy atom. The summed E-state index contributed by atoms with van der Waals surface area (Å²) in [4.78, 5) is 0. The van der Waals surface area contributed by atoms with E-state index in [1.807, 2.05) is 36.4 Å². The number of ether oxygens (including phenoxy) is 1. The van der Waals surface area contributed by atoms with Crippen molar-refractivity contribution >= 4 is 11.6 Å². The molecule has 2 aromatic carbocycles. The van der Waals surface area contributed by atoms with Crippen molar-refractivity contribution < 1.29 is 9.84 Å². The average molecular weight is 249 g/mol. The van der Waals surface area contributed by atoms with Gasteiger partial charge in [-0.3, -0.25) is 0 Å². The van der Waals surface area contributed by atoms with E-state index < -0.39 is 6.10 Å². The third-order valence-electron chi connectivity index (χ3n) is 2.60. The molecule has 0 spiro atoms. The van der Waals surface area contributed by atoms with E-state index in [1.165, 1.54) is 0 Å². The van der Waals surface area contributed by atoms with Crippen LogP contribution in [0.5, 0.6) is 5.75 Å². The van der Waals surface area contributed by atoms with Crippen molar-refractivity contribution in [2.75, 3.05) is 7.11 Å². The highest BCUT2D eigenvalue weighted by Gasteiger charge is 2.10. The van der Waals surface area contributed by atoms with E-state index in [-0.39, 0.29) is 0 Å². The van der Waals surface area contributed by atoms with Crippen molar-refractivity contribution in [2.24, 2.45) is 0 Å². The topological polar surface area (TPSA) is 29.5 Å². The monoisotopic (exact) mass is 248 g/mol. The first-order chi connectivity index (χ1) is 8.20. The Kier molecular flexibility index (Phi) is 3.67. The van der Waals surface area contributed by atoms with Gasteiger partial charge in [-0.05, 0) is 35.4 Å². The van der Waals surface area contributed by atoms with Gasteiger partial charge in [-0.25, -0.2) is 0 Å². The van der Waals surface area contributed by atoms with Crippen molar-refractivity contribution in [3.63, 3.8) is 0 Å². The van der Waals surface area contributed by atoms with Gasteiger partial charge in [0.1, 0.15) is 11.9 Å². The molecular formula is C14H13ClO2. The first-order valence-electron chi connectivity index (χ1n) is 5.28. The van der Waals surface area contributed by atoms with Gasteiger partial charge < -0.3 is 9.84 Å². The van der Waals surface area contributed by atoms with E-state index in [2.05, 4.69) is 0 Å². The van der Waals surface area contributed by atoms with Gasteiger partial charge in [-0.2, -0.15) is 0 Å². The molecule has 0 aromatic heterocycles. The molecule has 0 radical (unpaired) electrons. The second kappa shape index (κ2) is 5.21. The van der Waals surface area contributed by atoms with Gasteiger partial charge in [0, 0.05) is 5.02 Å². The number of halogens is 1. The Morgan fingerprint density at radius 3 is 2.41 bits per heavy atom. The summed E-state index contributed by atoms with van der Waals surface area (Å²) in [5.74, 6) is 0.732. The Balaban J connectivity index is 2.29. The molecule has 0 aliphatic carbocycles. The van der Waals surface area contributed by atoms with Gasteiger partial charge >= 0.3 is 0 Å². The smallest absolute Gasteiger partial charge is 0.119 e. The molecule has 0 fully saturated rings. The molecule has 0 amide bonds. The molecule has 2 nitrogen and oxygen atoms in total. The molecule has 1 atom stereocenters. The summed E-state index contributed by atoms with van der Waals surface area (Å²) < 4.78 is 5.13. The summed E-state index contributed by atoms with van der Waals surface area (Å²) in [7, 11) is 1.60. The Labute approximate surface area is 105 Å². The molecule has 17 heavy (non-hydrogen) atoms. The van der Waals surface area contributed by atoms with Crippen molar-refractivity contribution in [1.82, 2.24) is 0 Å². The minimum atomic E-state index is -0.664. The highest BCUT2D eigenvalue weighted by molar-refractivity contribution is 6.30. The first-order valence-corrected chi connectivity index (χ1v) is 5.66. The second-order valence-corrected chi connectivity index (χ2v) is 4.17.